The summed E-state index contributed by atoms with van der Waals surface area (Å²) < 4.78 is 5.63. The first kappa shape index (κ1) is 15.1. The second-order valence-electron chi connectivity index (χ2n) is 6.50. The van der Waals surface area contributed by atoms with E-state index in [1.165, 1.54) is 6.42 Å². The number of ether oxygens (including phenoxy) is 1. The lowest BCUT2D eigenvalue weighted by Crippen LogP contribution is -2.36. The van der Waals surface area contributed by atoms with Gasteiger partial charge in [0.1, 0.15) is 6.61 Å². The van der Waals surface area contributed by atoms with Crippen LogP contribution in [0.2, 0.25) is 0 Å². The van der Waals surface area contributed by atoms with E-state index in [4.69, 9.17) is 4.74 Å². The van der Waals surface area contributed by atoms with Gasteiger partial charge in [0, 0.05) is 0 Å². The van der Waals surface area contributed by atoms with E-state index in [-0.39, 0.29) is 11.4 Å². The standard InChI is InChI=1S/C18H26O2/c1-15(2)13-18(11-7-4-8-12-18)17(19)20-14-16-9-5-3-6-10-16/h3,5-6,9-10,15H,4,7-8,11-14H2,1-2H3. The van der Waals surface area contributed by atoms with Gasteiger partial charge in [-0.25, -0.2) is 0 Å². The van der Waals surface area contributed by atoms with Crippen molar-refractivity contribution in [2.75, 3.05) is 0 Å². The predicted octanol–water partition coefficient (Wildman–Crippen LogP) is 4.73. The molecule has 2 nitrogen and oxygen atoms in total. The maximum absolute atomic E-state index is 12.6. The van der Waals surface area contributed by atoms with Gasteiger partial charge in [-0.05, 0) is 30.7 Å². The fourth-order valence-electron chi connectivity index (χ4n) is 3.38. The van der Waals surface area contributed by atoms with E-state index in [1.54, 1.807) is 0 Å². The van der Waals surface area contributed by atoms with Crippen molar-refractivity contribution in [3.8, 4) is 0 Å². The molecule has 0 N–H and O–H groups in total. The van der Waals surface area contributed by atoms with Gasteiger partial charge in [-0.1, -0.05) is 63.4 Å². The molecule has 20 heavy (non-hydrogen) atoms. The summed E-state index contributed by atoms with van der Waals surface area (Å²) in [5.74, 6) is 0.562. The molecular weight excluding hydrogens is 248 g/mol. The van der Waals surface area contributed by atoms with Crippen molar-refractivity contribution < 1.29 is 9.53 Å². The molecule has 0 amide bonds. The maximum Gasteiger partial charge on any atom is 0.312 e. The summed E-state index contributed by atoms with van der Waals surface area (Å²) in [4.78, 5) is 12.6. The summed E-state index contributed by atoms with van der Waals surface area (Å²) in [7, 11) is 0. The largest absolute Gasteiger partial charge is 0.460 e. The smallest absolute Gasteiger partial charge is 0.312 e. The van der Waals surface area contributed by atoms with Gasteiger partial charge in [0.2, 0.25) is 0 Å². The molecule has 2 heteroatoms. The molecule has 0 heterocycles. The van der Waals surface area contributed by atoms with Crippen LogP contribution in [0.5, 0.6) is 0 Å². The molecule has 0 spiro atoms. The molecule has 1 aromatic carbocycles. The van der Waals surface area contributed by atoms with Gasteiger partial charge in [0.15, 0.2) is 0 Å². The Labute approximate surface area is 122 Å². The van der Waals surface area contributed by atoms with Crippen LogP contribution in [0.15, 0.2) is 30.3 Å². The van der Waals surface area contributed by atoms with Crippen LogP contribution in [0, 0.1) is 11.3 Å². The van der Waals surface area contributed by atoms with Crippen LogP contribution < -0.4 is 0 Å². The Morgan fingerprint density at radius 2 is 1.80 bits per heavy atom. The van der Waals surface area contributed by atoms with Crippen molar-refractivity contribution >= 4 is 5.97 Å². The van der Waals surface area contributed by atoms with Crippen LogP contribution in [0.4, 0.5) is 0 Å². The Hall–Kier alpha value is -1.31. The third-order valence-electron chi connectivity index (χ3n) is 4.26. The van der Waals surface area contributed by atoms with Gasteiger partial charge in [-0.2, -0.15) is 0 Å². The number of carbonyl (C=O) groups is 1. The average Bonchev–Trinajstić information content (AvgIpc) is 2.46. The highest BCUT2D eigenvalue weighted by Crippen LogP contribution is 2.42. The molecule has 1 aliphatic carbocycles. The van der Waals surface area contributed by atoms with Crippen molar-refractivity contribution in [2.45, 2.75) is 59.0 Å². The molecule has 1 fully saturated rings. The monoisotopic (exact) mass is 274 g/mol. The van der Waals surface area contributed by atoms with Crippen molar-refractivity contribution in [3.05, 3.63) is 35.9 Å². The second kappa shape index (κ2) is 6.92. The van der Waals surface area contributed by atoms with Gasteiger partial charge >= 0.3 is 5.97 Å². The Kier molecular flexibility index (Phi) is 5.22. The second-order valence-corrected chi connectivity index (χ2v) is 6.50. The van der Waals surface area contributed by atoms with Crippen LogP contribution in [0.3, 0.4) is 0 Å². The van der Waals surface area contributed by atoms with Crippen LogP contribution in [0.25, 0.3) is 0 Å². The van der Waals surface area contributed by atoms with Crippen LogP contribution in [0.1, 0.15) is 57.9 Å². The minimum absolute atomic E-state index is 0.0229. The van der Waals surface area contributed by atoms with Crippen molar-refractivity contribution in [3.63, 3.8) is 0 Å². The van der Waals surface area contributed by atoms with E-state index in [2.05, 4.69) is 13.8 Å². The fourth-order valence-corrected chi connectivity index (χ4v) is 3.38. The molecular formula is C18H26O2. The van der Waals surface area contributed by atoms with Crippen LogP contribution in [-0.2, 0) is 16.1 Å². The van der Waals surface area contributed by atoms with Gasteiger partial charge in [-0.3, -0.25) is 4.79 Å². The van der Waals surface area contributed by atoms with Crippen molar-refractivity contribution in [1.82, 2.24) is 0 Å². The summed E-state index contributed by atoms with van der Waals surface area (Å²) in [6.45, 7) is 4.79. The Morgan fingerprint density at radius 1 is 1.15 bits per heavy atom. The van der Waals surface area contributed by atoms with Crippen molar-refractivity contribution in [2.24, 2.45) is 11.3 Å². The lowest BCUT2D eigenvalue weighted by atomic mass is 9.69. The highest BCUT2D eigenvalue weighted by Gasteiger charge is 2.41. The number of esters is 1. The maximum atomic E-state index is 12.6. The summed E-state index contributed by atoms with van der Waals surface area (Å²) in [6.07, 6.45) is 6.53. The molecule has 0 atom stereocenters. The first-order valence-corrected chi connectivity index (χ1v) is 7.83. The van der Waals surface area contributed by atoms with Gasteiger partial charge in [-0.15, -0.1) is 0 Å². The molecule has 0 radical (unpaired) electrons. The molecule has 110 valence electrons. The summed E-state index contributed by atoms with van der Waals surface area (Å²) >= 11 is 0. The molecule has 0 aliphatic heterocycles. The zero-order valence-corrected chi connectivity index (χ0v) is 12.7. The molecule has 1 saturated carbocycles. The lowest BCUT2D eigenvalue weighted by Gasteiger charge is -2.36. The van der Waals surface area contributed by atoms with E-state index in [0.29, 0.717) is 12.5 Å². The first-order valence-electron chi connectivity index (χ1n) is 7.83. The summed E-state index contributed by atoms with van der Waals surface area (Å²) in [5, 5.41) is 0. The predicted molar refractivity (Wildman–Crippen MR) is 81.2 cm³/mol. The Bertz CT molecular complexity index is 416. The first-order chi connectivity index (χ1) is 9.62. The zero-order chi connectivity index (χ0) is 14.4. The van der Waals surface area contributed by atoms with Gasteiger partial charge in [0.05, 0.1) is 5.41 Å². The molecule has 0 bridgehead atoms. The normalized spacial score (nSPS) is 17.9. The summed E-state index contributed by atoms with van der Waals surface area (Å²) in [5.41, 5.74) is 0.845. The number of hydrogen-bond acceptors (Lipinski definition) is 2. The fraction of sp³-hybridized carbons (Fsp3) is 0.611. The highest BCUT2D eigenvalue weighted by molar-refractivity contribution is 5.77. The van der Waals surface area contributed by atoms with E-state index in [1.807, 2.05) is 30.3 Å². The SMILES string of the molecule is CC(C)CC1(C(=O)OCc2ccccc2)CCCCC1. The summed E-state index contributed by atoms with van der Waals surface area (Å²) in [6, 6.07) is 9.95. The molecule has 1 aliphatic rings. The van der Waals surface area contributed by atoms with Crippen LogP contribution >= 0.6 is 0 Å². The van der Waals surface area contributed by atoms with Gasteiger partial charge in [0.25, 0.3) is 0 Å². The minimum atomic E-state index is -0.221. The van der Waals surface area contributed by atoms with E-state index >= 15 is 0 Å². The zero-order valence-electron chi connectivity index (χ0n) is 12.7. The van der Waals surface area contributed by atoms with Crippen molar-refractivity contribution in [1.29, 1.82) is 0 Å². The Morgan fingerprint density at radius 3 is 2.40 bits per heavy atom. The number of benzene rings is 1. The average molecular weight is 274 g/mol. The quantitative estimate of drug-likeness (QED) is 0.726. The van der Waals surface area contributed by atoms with Crippen LogP contribution in [-0.4, -0.2) is 5.97 Å². The number of rotatable bonds is 5. The number of carbonyl (C=O) groups excluding carboxylic acids is 1. The third-order valence-corrected chi connectivity index (χ3v) is 4.26. The molecule has 0 unspecified atom stereocenters. The molecule has 2 rings (SSSR count). The van der Waals surface area contributed by atoms with E-state index < -0.39 is 0 Å². The lowest BCUT2D eigenvalue weighted by molar-refractivity contribution is -0.161. The topological polar surface area (TPSA) is 26.3 Å². The molecule has 0 aromatic heterocycles. The Balaban J connectivity index is 1.99. The molecule has 0 saturated heterocycles. The minimum Gasteiger partial charge on any atom is -0.460 e. The number of hydrogen-bond donors (Lipinski definition) is 0. The van der Waals surface area contributed by atoms with E-state index in [0.717, 1.165) is 37.7 Å². The third kappa shape index (κ3) is 3.84. The van der Waals surface area contributed by atoms with Gasteiger partial charge < -0.3 is 4.74 Å². The highest BCUT2D eigenvalue weighted by atomic mass is 16.5. The van der Waals surface area contributed by atoms with E-state index in [9.17, 15) is 4.79 Å². The molecule has 1 aromatic rings.